The highest BCUT2D eigenvalue weighted by Gasteiger charge is 2.46. The number of hydrogen-bond acceptors (Lipinski definition) is 5. The van der Waals surface area contributed by atoms with Crippen molar-refractivity contribution in [2.24, 2.45) is 17.8 Å². The first kappa shape index (κ1) is 20.6. The molecule has 0 amide bonds. The molecule has 0 aromatic carbocycles. The van der Waals surface area contributed by atoms with Gasteiger partial charge in [-0.2, -0.15) is 0 Å². The van der Waals surface area contributed by atoms with Crippen molar-refractivity contribution in [1.29, 1.82) is 0 Å². The third-order valence-corrected chi connectivity index (χ3v) is 6.79. The van der Waals surface area contributed by atoms with Gasteiger partial charge in [-0.25, -0.2) is 4.79 Å². The Bertz CT molecular complexity index is 876. The topological polar surface area (TPSA) is 89.9 Å². The number of aliphatic carboxylic acids is 1. The number of carbonyl (C=O) groups is 3. The van der Waals surface area contributed by atoms with Crippen molar-refractivity contribution in [1.82, 2.24) is 0 Å². The quantitative estimate of drug-likeness (QED) is 0.557. The molecule has 0 radical (unpaired) electrons. The van der Waals surface area contributed by atoms with Gasteiger partial charge in [0, 0.05) is 23.1 Å². The number of carboxylic acid groups (broad SMARTS) is 1. The Hall–Kier alpha value is -2.63. The minimum absolute atomic E-state index is 0.0309. The summed E-state index contributed by atoms with van der Waals surface area (Å²) in [7, 11) is 0. The average Bonchev–Trinajstić information content (AvgIpc) is 2.72. The highest BCUT2D eigenvalue weighted by Crippen LogP contribution is 2.50. The summed E-state index contributed by atoms with van der Waals surface area (Å²) in [6, 6.07) is 0. The molecule has 6 heteroatoms. The van der Waals surface area contributed by atoms with Gasteiger partial charge in [-0.05, 0) is 62.7 Å². The summed E-state index contributed by atoms with van der Waals surface area (Å²) >= 11 is 0. The number of rotatable bonds is 4. The standard InChI is InChI=1S/C24H28O6/c1-13(2)24(28)29-15-8-10-20-19(12-15)22(16-5-3-4-6-17(16)23(26)27)18-9-7-14(25)11-21(18)30-20/h7,9,11,15-17,19-20H,1,3-6,8,10,12H2,2H3,(H,26,27). The van der Waals surface area contributed by atoms with Crippen LogP contribution in [-0.4, -0.2) is 35.0 Å². The summed E-state index contributed by atoms with van der Waals surface area (Å²) in [5, 5.41) is 9.89. The van der Waals surface area contributed by atoms with Gasteiger partial charge < -0.3 is 14.6 Å². The summed E-state index contributed by atoms with van der Waals surface area (Å²) in [6.45, 7) is 5.29. The van der Waals surface area contributed by atoms with Crippen molar-refractivity contribution in [2.45, 2.75) is 64.1 Å². The van der Waals surface area contributed by atoms with Crippen molar-refractivity contribution in [2.75, 3.05) is 0 Å². The van der Waals surface area contributed by atoms with Gasteiger partial charge in [0.2, 0.25) is 0 Å². The molecular weight excluding hydrogens is 384 g/mol. The number of carboxylic acids is 1. The van der Waals surface area contributed by atoms with E-state index in [-0.39, 0.29) is 29.8 Å². The lowest BCUT2D eigenvalue weighted by Crippen LogP contribution is -2.43. The Morgan fingerprint density at radius 3 is 2.63 bits per heavy atom. The molecule has 0 bridgehead atoms. The predicted octanol–water partition coefficient (Wildman–Crippen LogP) is 3.88. The van der Waals surface area contributed by atoms with Crippen LogP contribution in [0.5, 0.6) is 0 Å². The first-order chi connectivity index (χ1) is 14.3. The molecule has 5 unspecified atom stereocenters. The Morgan fingerprint density at radius 2 is 1.90 bits per heavy atom. The Balaban J connectivity index is 1.72. The summed E-state index contributed by atoms with van der Waals surface area (Å²) in [5.74, 6) is -1.28. The van der Waals surface area contributed by atoms with Gasteiger partial charge in [-0.15, -0.1) is 0 Å². The number of carbonyl (C=O) groups excluding carboxylic acids is 2. The maximum atomic E-state index is 12.1. The Labute approximate surface area is 176 Å². The molecule has 3 aliphatic carbocycles. The van der Waals surface area contributed by atoms with Crippen LogP contribution < -0.4 is 0 Å². The van der Waals surface area contributed by atoms with Crippen LogP contribution in [0.25, 0.3) is 0 Å². The van der Waals surface area contributed by atoms with Crippen molar-refractivity contribution < 1.29 is 29.0 Å². The van der Waals surface area contributed by atoms with Crippen molar-refractivity contribution in [3.8, 4) is 0 Å². The van der Waals surface area contributed by atoms with Gasteiger partial charge in [0.15, 0.2) is 5.78 Å². The lowest BCUT2D eigenvalue weighted by molar-refractivity contribution is -0.148. The van der Waals surface area contributed by atoms with E-state index in [4.69, 9.17) is 9.47 Å². The molecule has 30 heavy (non-hydrogen) atoms. The number of fused-ring (bicyclic) bond motifs is 2. The second-order valence-corrected chi connectivity index (χ2v) is 8.83. The fourth-order valence-electron chi connectivity index (χ4n) is 5.41. The van der Waals surface area contributed by atoms with Crippen molar-refractivity contribution in [3.63, 3.8) is 0 Å². The zero-order valence-corrected chi connectivity index (χ0v) is 17.3. The van der Waals surface area contributed by atoms with E-state index in [0.717, 1.165) is 30.4 Å². The van der Waals surface area contributed by atoms with E-state index < -0.39 is 17.9 Å². The Kier molecular flexibility index (Phi) is 5.67. The SMILES string of the molecule is C=C(C)C(=O)OC1CCC2OC3=CC(=O)C=CC3=C(C3CCCCC3C(=O)O)C2C1. The van der Waals surface area contributed by atoms with E-state index in [1.165, 1.54) is 12.2 Å². The average molecular weight is 412 g/mol. The van der Waals surface area contributed by atoms with Crippen molar-refractivity contribution in [3.05, 3.63) is 47.3 Å². The summed E-state index contributed by atoms with van der Waals surface area (Å²) in [5.41, 5.74) is 2.29. The molecule has 0 aromatic heterocycles. The monoisotopic (exact) mass is 412 g/mol. The van der Waals surface area contributed by atoms with E-state index in [2.05, 4.69) is 6.58 Å². The van der Waals surface area contributed by atoms with E-state index in [0.29, 0.717) is 37.0 Å². The van der Waals surface area contributed by atoms with Gasteiger partial charge in [-0.1, -0.05) is 19.4 Å². The fourth-order valence-corrected chi connectivity index (χ4v) is 5.41. The first-order valence-electron chi connectivity index (χ1n) is 10.8. The molecular formula is C24H28O6. The van der Waals surface area contributed by atoms with Crippen LogP contribution >= 0.6 is 0 Å². The lowest BCUT2D eigenvalue weighted by Gasteiger charge is -2.46. The summed E-state index contributed by atoms with van der Waals surface area (Å²) in [4.78, 5) is 36.0. The molecule has 160 valence electrons. The molecule has 5 atom stereocenters. The molecule has 1 N–H and O–H groups in total. The zero-order chi connectivity index (χ0) is 21.4. The fraction of sp³-hybridized carbons (Fsp3) is 0.542. The number of hydrogen-bond donors (Lipinski definition) is 1. The first-order valence-corrected chi connectivity index (χ1v) is 10.8. The van der Waals surface area contributed by atoms with Crippen LogP contribution in [0.15, 0.2) is 47.3 Å². The second kappa shape index (κ2) is 8.25. The third-order valence-electron chi connectivity index (χ3n) is 6.79. The molecule has 0 aromatic rings. The minimum Gasteiger partial charge on any atom is -0.489 e. The number of ketones is 1. The van der Waals surface area contributed by atoms with Crippen LogP contribution in [0.1, 0.15) is 51.9 Å². The largest absolute Gasteiger partial charge is 0.489 e. The van der Waals surface area contributed by atoms with Crippen LogP contribution in [-0.2, 0) is 23.9 Å². The minimum atomic E-state index is -0.765. The van der Waals surface area contributed by atoms with Gasteiger partial charge in [0.1, 0.15) is 18.0 Å². The molecule has 0 saturated heterocycles. The van der Waals surface area contributed by atoms with Gasteiger partial charge in [0.05, 0.1) is 5.92 Å². The third kappa shape index (κ3) is 3.87. The maximum Gasteiger partial charge on any atom is 0.333 e. The molecule has 1 aliphatic heterocycles. The molecule has 2 fully saturated rings. The Morgan fingerprint density at radius 1 is 1.13 bits per heavy atom. The second-order valence-electron chi connectivity index (χ2n) is 8.83. The molecule has 6 nitrogen and oxygen atoms in total. The van der Waals surface area contributed by atoms with Gasteiger partial charge >= 0.3 is 11.9 Å². The summed E-state index contributed by atoms with van der Waals surface area (Å²) in [6.07, 6.45) is 9.75. The van der Waals surface area contributed by atoms with Crippen LogP contribution in [0.2, 0.25) is 0 Å². The summed E-state index contributed by atoms with van der Waals surface area (Å²) < 4.78 is 11.9. The highest BCUT2D eigenvalue weighted by atomic mass is 16.5. The van der Waals surface area contributed by atoms with Crippen LogP contribution in [0.3, 0.4) is 0 Å². The lowest BCUT2D eigenvalue weighted by atomic mass is 9.65. The normalized spacial score (nSPS) is 33.0. The predicted molar refractivity (Wildman–Crippen MR) is 109 cm³/mol. The van der Waals surface area contributed by atoms with Gasteiger partial charge in [0.25, 0.3) is 0 Å². The van der Waals surface area contributed by atoms with E-state index in [1.54, 1.807) is 13.0 Å². The van der Waals surface area contributed by atoms with Crippen LogP contribution in [0, 0.1) is 17.8 Å². The van der Waals surface area contributed by atoms with Crippen LogP contribution in [0.4, 0.5) is 0 Å². The van der Waals surface area contributed by atoms with E-state index in [9.17, 15) is 19.5 Å². The molecule has 4 aliphatic rings. The number of allylic oxidation sites excluding steroid dienone is 3. The zero-order valence-electron chi connectivity index (χ0n) is 17.3. The smallest absolute Gasteiger partial charge is 0.333 e. The maximum absolute atomic E-state index is 12.1. The molecule has 1 heterocycles. The number of ether oxygens (including phenoxy) is 2. The van der Waals surface area contributed by atoms with Gasteiger partial charge in [-0.3, -0.25) is 9.59 Å². The van der Waals surface area contributed by atoms with Crippen molar-refractivity contribution >= 4 is 17.7 Å². The molecule has 4 rings (SSSR count). The molecule has 0 spiro atoms. The highest BCUT2D eigenvalue weighted by molar-refractivity contribution is 6.02. The number of esters is 1. The molecule has 2 saturated carbocycles. The van der Waals surface area contributed by atoms with E-state index in [1.807, 2.05) is 0 Å². The van der Waals surface area contributed by atoms with E-state index >= 15 is 0 Å².